The van der Waals surface area contributed by atoms with Crippen LogP contribution in [0.1, 0.15) is 43.7 Å². The van der Waals surface area contributed by atoms with Crippen LogP contribution in [-0.4, -0.2) is 41.0 Å². The molecule has 5 rings (SSSR count). The maximum atomic E-state index is 13.6. The largest absolute Gasteiger partial charge is 0.507 e. The van der Waals surface area contributed by atoms with Gasteiger partial charge in [0.1, 0.15) is 42.0 Å². The fourth-order valence-electron chi connectivity index (χ4n) is 4.95. The van der Waals surface area contributed by atoms with Crippen LogP contribution < -0.4 is 14.4 Å². The molecule has 1 aliphatic rings. The smallest absolute Gasteiger partial charge is 0.350 e. The predicted octanol–water partition coefficient (Wildman–Crippen LogP) is 6.87. The van der Waals surface area contributed by atoms with Crippen molar-refractivity contribution in [1.82, 2.24) is 4.98 Å². The molecule has 9 nitrogen and oxygen atoms in total. The molecule has 1 saturated heterocycles. The number of aliphatic hydroxyl groups excluding tert-OH is 1. The van der Waals surface area contributed by atoms with Crippen molar-refractivity contribution in [1.29, 1.82) is 0 Å². The van der Waals surface area contributed by atoms with Gasteiger partial charge in [0.25, 0.3) is 5.78 Å². The molecule has 0 radical (unpaired) electrons. The lowest BCUT2D eigenvalue weighted by Crippen LogP contribution is -2.29. The Labute approximate surface area is 270 Å². The lowest BCUT2D eigenvalue weighted by molar-refractivity contribution is -0.132. The Bertz CT molecular complexity index is 1820. The highest BCUT2D eigenvalue weighted by atomic mass is 32.1. The van der Waals surface area contributed by atoms with Crippen molar-refractivity contribution >= 4 is 39.9 Å². The summed E-state index contributed by atoms with van der Waals surface area (Å²) in [6.45, 7) is 11.5. The maximum absolute atomic E-state index is 13.6. The van der Waals surface area contributed by atoms with E-state index >= 15 is 0 Å². The van der Waals surface area contributed by atoms with Crippen LogP contribution in [0.25, 0.3) is 5.76 Å². The molecule has 4 aromatic rings. The van der Waals surface area contributed by atoms with Crippen molar-refractivity contribution in [3.05, 3.63) is 137 Å². The molecule has 10 heteroatoms. The molecule has 1 aromatic heterocycles. The molecule has 1 unspecified atom stereocenters. The van der Waals surface area contributed by atoms with Gasteiger partial charge in [0, 0.05) is 5.56 Å². The summed E-state index contributed by atoms with van der Waals surface area (Å²) >= 11 is 0.926. The third kappa shape index (κ3) is 6.77. The maximum Gasteiger partial charge on any atom is 0.350 e. The Hall–Kier alpha value is -5.48. The Morgan fingerprint density at radius 2 is 1.63 bits per heavy atom. The lowest BCUT2D eigenvalue weighted by atomic mass is 9.95. The fourth-order valence-corrected chi connectivity index (χ4v) is 5.94. The van der Waals surface area contributed by atoms with Gasteiger partial charge in [0.15, 0.2) is 5.13 Å². The van der Waals surface area contributed by atoms with Gasteiger partial charge in [-0.3, -0.25) is 14.5 Å². The van der Waals surface area contributed by atoms with Crippen molar-refractivity contribution in [3.63, 3.8) is 0 Å². The molecule has 1 amide bonds. The van der Waals surface area contributed by atoms with Gasteiger partial charge in [-0.2, -0.15) is 0 Å². The Kier molecular flexibility index (Phi) is 9.78. The number of ketones is 1. The number of Topliss-reactive ketones (excluding diaryl/α,β-unsaturated/α-hetero) is 1. The Morgan fingerprint density at radius 3 is 2.30 bits per heavy atom. The molecule has 3 aromatic carbocycles. The van der Waals surface area contributed by atoms with E-state index in [1.54, 1.807) is 61.5 Å². The van der Waals surface area contributed by atoms with Gasteiger partial charge in [0.05, 0.1) is 17.3 Å². The number of thiazole rings is 1. The van der Waals surface area contributed by atoms with Gasteiger partial charge < -0.3 is 19.3 Å². The van der Waals surface area contributed by atoms with Gasteiger partial charge in [-0.25, -0.2) is 9.78 Å². The molecule has 46 heavy (non-hydrogen) atoms. The minimum atomic E-state index is -1.05. The molecule has 1 atom stereocenters. The van der Waals surface area contributed by atoms with Gasteiger partial charge >= 0.3 is 11.9 Å². The summed E-state index contributed by atoms with van der Waals surface area (Å²) in [6.07, 6.45) is 3.06. The van der Waals surface area contributed by atoms with Crippen molar-refractivity contribution in [2.75, 3.05) is 18.1 Å². The number of rotatable bonds is 12. The van der Waals surface area contributed by atoms with Crippen molar-refractivity contribution in [2.45, 2.75) is 26.5 Å². The summed E-state index contributed by atoms with van der Waals surface area (Å²) in [6, 6.07) is 20.4. The minimum absolute atomic E-state index is 0.00600. The normalized spacial score (nSPS) is 15.4. The number of hydrogen-bond acceptors (Lipinski definition) is 9. The first kappa shape index (κ1) is 31.9. The summed E-state index contributed by atoms with van der Waals surface area (Å²) in [5.74, 6) is -1.64. The van der Waals surface area contributed by atoms with Gasteiger partial charge in [-0.05, 0) is 61.4 Å². The number of ether oxygens (including phenoxy) is 3. The summed E-state index contributed by atoms with van der Waals surface area (Å²) in [5.41, 5.74) is 3.20. The van der Waals surface area contributed by atoms with Crippen LogP contribution in [0.3, 0.4) is 0 Å². The van der Waals surface area contributed by atoms with Crippen molar-refractivity contribution in [2.24, 2.45) is 0 Å². The summed E-state index contributed by atoms with van der Waals surface area (Å²) < 4.78 is 16.7. The Balaban J connectivity index is 1.52. The first-order valence-corrected chi connectivity index (χ1v) is 15.2. The number of aryl methyl sites for hydroxylation is 2. The second-order valence-electron chi connectivity index (χ2n) is 10.4. The van der Waals surface area contributed by atoms with E-state index in [9.17, 15) is 19.5 Å². The molecule has 0 bridgehead atoms. The van der Waals surface area contributed by atoms with Crippen molar-refractivity contribution < 1.29 is 33.7 Å². The second-order valence-corrected chi connectivity index (χ2v) is 11.4. The number of benzene rings is 3. The number of amides is 1. The molecule has 0 spiro atoms. The van der Waals surface area contributed by atoms with E-state index in [0.29, 0.717) is 41.5 Å². The first-order chi connectivity index (χ1) is 22.2. The number of esters is 1. The van der Waals surface area contributed by atoms with Crippen molar-refractivity contribution in [3.8, 4) is 11.5 Å². The minimum Gasteiger partial charge on any atom is -0.507 e. The number of anilines is 1. The van der Waals surface area contributed by atoms with E-state index in [4.69, 9.17) is 14.2 Å². The van der Waals surface area contributed by atoms with E-state index in [2.05, 4.69) is 18.1 Å². The molecular weight excluding hydrogens is 604 g/mol. The third-order valence-corrected chi connectivity index (χ3v) is 8.27. The van der Waals surface area contributed by atoms with E-state index in [0.717, 1.165) is 22.5 Å². The molecule has 0 saturated carbocycles. The highest BCUT2D eigenvalue weighted by molar-refractivity contribution is 7.17. The van der Waals surface area contributed by atoms with E-state index in [1.165, 1.54) is 11.0 Å². The van der Waals surface area contributed by atoms with Crippen LogP contribution in [0.4, 0.5) is 5.13 Å². The fraction of sp³-hybridized carbons (Fsp3) is 0.167. The zero-order chi connectivity index (χ0) is 32.8. The first-order valence-electron chi connectivity index (χ1n) is 14.4. The molecule has 2 heterocycles. The molecule has 0 aliphatic carbocycles. The molecule has 1 aliphatic heterocycles. The molecule has 1 N–H and O–H groups in total. The summed E-state index contributed by atoms with van der Waals surface area (Å²) in [7, 11) is 0. The predicted molar refractivity (Wildman–Crippen MR) is 176 cm³/mol. The summed E-state index contributed by atoms with van der Waals surface area (Å²) in [5, 5.41) is 11.7. The number of hydrogen-bond donors (Lipinski definition) is 1. The van der Waals surface area contributed by atoms with Crippen LogP contribution in [0.2, 0.25) is 0 Å². The Morgan fingerprint density at radius 1 is 0.957 bits per heavy atom. The van der Waals surface area contributed by atoms with Gasteiger partial charge in [-0.15, -0.1) is 0 Å². The van der Waals surface area contributed by atoms with E-state index < -0.39 is 23.7 Å². The highest BCUT2D eigenvalue weighted by Crippen LogP contribution is 2.44. The number of aromatic nitrogens is 1. The summed E-state index contributed by atoms with van der Waals surface area (Å²) in [4.78, 5) is 45.7. The average molecular weight is 637 g/mol. The standard InChI is InChI=1S/C36H32N2O7S/c1-5-18-43-27-14-10-25(11-15-27)30-29(31(39)26-12-16-28(17-13-26)45-21-24-9-7-8-22(3)20-24)32(40)34(41)38(30)36-37-23(4)33(46-36)35(42)44-19-6-2/h5-17,20,30,39H,1-2,18-19,21H2,3-4H3/b31-29+. The zero-order valence-electron chi connectivity index (χ0n) is 25.4. The SMILES string of the molecule is C=CCOC(=O)c1sc(N2C(=O)C(=O)/C(=C(/O)c3ccc(OCc4cccc(C)c4)cc3)C2c2ccc(OCC=C)cc2)nc1C. The number of nitrogens with zero attached hydrogens (tertiary/aromatic N) is 2. The monoisotopic (exact) mass is 636 g/mol. The van der Waals surface area contributed by atoms with E-state index in [-0.39, 0.29) is 27.9 Å². The van der Waals surface area contributed by atoms with Gasteiger partial charge in [-0.1, -0.05) is 78.6 Å². The number of aliphatic hydroxyl groups is 1. The van der Waals surface area contributed by atoms with Crippen LogP contribution >= 0.6 is 11.3 Å². The molecule has 234 valence electrons. The van der Waals surface area contributed by atoms with Crippen LogP contribution in [0.5, 0.6) is 11.5 Å². The zero-order valence-corrected chi connectivity index (χ0v) is 26.2. The quantitative estimate of drug-likeness (QED) is 0.0589. The highest BCUT2D eigenvalue weighted by Gasteiger charge is 2.48. The third-order valence-electron chi connectivity index (χ3n) is 7.13. The van der Waals surface area contributed by atoms with Crippen LogP contribution in [0, 0.1) is 13.8 Å². The lowest BCUT2D eigenvalue weighted by Gasteiger charge is -2.23. The van der Waals surface area contributed by atoms with Crippen LogP contribution in [-0.2, 0) is 20.9 Å². The molecule has 1 fully saturated rings. The number of carbonyl (C=O) groups is 3. The van der Waals surface area contributed by atoms with E-state index in [1.807, 2.05) is 31.2 Å². The topological polar surface area (TPSA) is 115 Å². The van der Waals surface area contributed by atoms with Gasteiger partial charge in [0.2, 0.25) is 0 Å². The average Bonchev–Trinajstić information content (AvgIpc) is 3.57. The van der Waals surface area contributed by atoms with Crippen LogP contribution in [0.15, 0.2) is 104 Å². The second kappa shape index (κ2) is 14.1. The molecular formula is C36H32N2O7S. The number of carbonyl (C=O) groups excluding carboxylic acids is 3.